The van der Waals surface area contributed by atoms with Crippen LogP contribution in [0.5, 0.6) is 0 Å². The van der Waals surface area contributed by atoms with E-state index in [2.05, 4.69) is 15.2 Å². The molecular formula is C17H14ClN3O4S. The van der Waals surface area contributed by atoms with E-state index < -0.39 is 11.9 Å². The van der Waals surface area contributed by atoms with E-state index in [0.717, 1.165) is 4.90 Å². The van der Waals surface area contributed by atoms with Crippen molar-refractivity contribution in [1.82, 2.24) is 9.78 Å². The highest BCUT2D eigenvalue weighted by Gasteiger charge is 2.17. The number of methoxy groups -OCH3 is 1. The van der Waals surface area contributed by atoms with Crippen LogP contribution in [0.3, 0.4) is 0 Å². The van der Waals surface area contributed by atoms with E-state index in [-0.39, 0.29) is 17.3 Å². The van der Waals surface area contributed by atoms with E-state index in [9.17, 15) is 9.59 Å². The normalized spacial score (nSPS) is 10.6. The number of aryl methyl sites for hydroxylation is 1. The van der Waals surface area contributed by atoms with Crippen molar-refractivity contribution in [2.45, 2.75) is 9.99 Å². The van der Waals surface area contributed by atoms with Gasteiger partial charge >= 0.3 is 5.97 Å². The van der Waals surface area contributed by atoms with Gasteiger partial charge in [0.1, 0.15) is 5.69 Å². The zero-order valence-electron chi connectivity index (χ0n) is 13.9. The van der Waals surface area contributed by atoms with Gasteiger partial charge in [0, 0.05) is 23.0 Å². The van der Waals surface area contributed by atoms with Crippen molar-refractivity contribution in [1.29, 1.82) is 0 Å². The molecule has 3 rings (SSSR count). The first-order valence-electron chi connectivity index (χ1n) is 7.43. The maximum Gasteiger partial charge on any atom is 0.356 e. The lowest BCUT2D eigenvalue weighted by Crippen LogP contribution is -2.11. The number of amides is 1. The number of furan rings is 1. The molecule has 0 aliphatic carbocycles. The van der Waals surface area contributed by atoms with Gasteiger partial charge in [-0.1, -0.05) is 23.4 Å². The fourth-order valence-corrected chi connectivity index (χ4v) is 3.02. The van der Waals surface area contributed by atoms with Crippen molar-refractivity contribution < 1.29 is 18.7 Å². The van der Waals surface area contributed by atoms with Crippen LogP contribution in [-0.4, -0.2) is 28.8 Å². The summed E-state index contributed by atoms with van der Waals surface area (Å²) in [7, 11) is 2.85. The molecular weight excluding hydrogens is 378 g/mol. The monoisotopic (exact) mass is 391 g/mol. The quantitative estimate of drug-likeness (QED) is 0.664. The molecule has 1 amide bonds. The van der Waals surface area contributed by atoms with Gasteiger partial charge in [-0.2, -0.15) is 5.10 Å². The van der Waals surface area contributed by atoms with Gasteiger partial charge in [0.25, 0.3) is 5.91 Å². The van der Waals surface area contributed by atoms with Crippen LogP contribution in [0.2, 0.25) is 5.02 Å². The minimum atomic E-state index is -0.542. The smallest absolute Gasteiger partial charge is 0.356 e. The summed E-state index contributed by atoms with van der Waals surface area (Å²) in [6.07, 6.45) is 0. The second-order valence-corrected chi connectivity index (χ2v) is 6.67. The van der Waals surface area contributed by atoms with E-state index in [0.29, 0.717) is 10.1 Å². The first-order chi connectivity index (χ1) is 12.5. The molecule has 2 heterocycles. The molecule has 0 bridgehead atoms. The molecule has 134 valence electrons. The number of halogens is 1. The highest BCUT2D eigenvalue weighted by molar-refractivity contribution is 7.99. The van der Waals surface area contributed by atoms with Gasteiger partial charge in [0.15, 0.2) is 16.7 Å². The summed E-state index contributed by atoms with van der Waals surface area (Å²) in [5, 5.41) is 7.85. The lowest BCUT2D eigenvalue weighted by atomic mass is 10.4. The minimum absolute atomic E-state index is 0.131. The third-order valence-electron chi connectivity index (χ3n) is 3.35. The molecule has 0 saturated heterocycles. The predicted octanol–water partition coefficient (Wildman–Crippen LogP) is 3.86. The Labute approximate surface area is 158 Å². The Hall–Kier alpha value is -2.71. The number of nitrogens with one attached hydrogen (secondary N) is 1. The number of carbonyl (C=O) groups excluding carboxylic acids is 2. The Morgan fingerprint density at radius 2 is 1.96 bits per heavy atom. The Kier molecular flexibility index (Phi) is 5.34. The number of hydrogen-bond donors (Lipinski definition) is 1. The number of carbonyl (C=O) groups is 2. The topological polar surface area (TPSA) is 86.4 Å². The highest BCUT2D eigenvalue weighted by Crippen LogP contribution is 2.30. The van der Waals surface area contributed by atoms with Crippen LogP contribution in [-0.2, 0) is 11.8 Å². The van der Waals surface area contributed by atoms with E-state index in [1.165, 1.54) is 29.6 Å². The predicted molar refractivity (Wildman–Crippen MR) is 96.8 cm³/mol. The number of rotatable bonds is 5. The number of anilines is 1. The Balaban J connectivity index is 1.68. The average Bonchev–Trinajstić information content (AvgIpc) is 3.23. The van der Waals surface area contributed by atoms with Crippen molar-refractivity contribution in [3.05, 3.63) is 58.9 Å². The molecule has 0 radical (unpaired) electrons. The van der Waals surface area contributed by atoms with Crippen molar-refractivity contribution >= 4 is 41.1 Å². The third-order valence-corrected chi connectivity index (χ3v) is 4.53. The molecule has 0 aliphatic heterocycles. The summed E-state index contributed by atoms with van der Waals surface area (Å²) < 4.78 is 11.5. The lowest BCUT2D eigenvalue weighted by Gasteiger charge is -1.99. The molecule has 0 saturated carbocycles. The summed E-state index contributed by atoms with van der Waals surface area (Å²) in [6.45, 7) is 0. The lowest BCUT2D eigenvalue weighted by molar-refractivity contribution is 0.0588. The molecule has 26 heavy (non-hydrogen) atoms. The molecule has 0 unspecified atom stereocenters. The second-order valence-electron chi connectivity index (χ2n) is 5.16. The van der Waals surface area contributed by atoms with Crippen LogP contribution >= 0.6 is 23.4 Å². The minimum Gasteiger partial charge on any atom is -0.464 e. The Bertz CT molecular complexity index is 949. The van der Waals surface area contributed by atoms with Gasteiger partial charge in [-0.15, -0.1) is 0 Å². The van der Waals surface area contributed by atoms with Gasteiger partial charge in [-0.25, -0.2) is 4.79 Å². The fraction of sp³-hybridized carbons (Fsp3) is 0.118. The van der Waals surface area contributed by atoms with E-state index in [4.69, 9.17) is 16.0 Å². The fourth-order valence-electron chi connectivity index (χ4n) is 2.12. The van der Waals surface area contributed by atoms with Gasteiger partial charge < -0.3 is 14.5 Å². The van der Waals surface area contributed by atoms with Crippen molar-refractivity contribution in [2.24, 2.45) is 7.05 Å². The summed E-state index contributed by atoms with van der Waals surface area (Å²) in [5.41, 5.74) is 0.223. The summed E-state index contributed by atoms with van der Waals surface area (Å²) >= 11 is 7.22. The van der Waals surface area contributed by atoms with Crippen LogP contribution in [0.1, 0.15) is 21.0 Å². The van der Waals surface area contributed by atoms with Crippen LogP contribution in [0.25, 0.3) is 0 Å². The van der Waals surface area contributed by atoms with Crippen LogP contribution in [0.4, 0.5) is 5.82 Å². The molecule has 1 aromatic carbocycles. The van der Waals surface area contributed by atoms with Crippen molar-refractivity contribution in [2.75, 3.05) is 12.4 Å². The number of esters is 1. The van der Waals surface area contributed by atoms with Gasteiger partial charge in [0.05, 0.1) is 7.11 Å². The SMILES string of the molecule is COC(=O)c1cc(NC(=O)c2ccc(Sc3ccc(Cl)cc3)o2)nn1C. The van der Waals surface area contributed by atoms with Gasteiger partial charge in [0.2, 0.25) is 0 Å². The number of hydrogen-bond acceptors (Lipinski definition) is 6. The van der Waals surface area contributed by atoms with Crippen LogP contribution in [0.15, 0.2) is 56.9 Å². The Morgan fingerprint density at radius 3 is 2.65 bits per heavy atom. The van der Waals surface area contributed by atoms with Crippen molar-refractivity contribution in [3.8, 4) is 0 Å². The highest BCUT2D eigenvalue weighted by atomic mass is 35.5. The van der Waals surface area contributed by atoms with Gasteiger partial charge in [-0.05, 0) is 36.4 Å². The molecule has 1 N–H and O–H groups in total. The maximum absolute atomic E-state index is 12.3. The van der Waals surface area contributed by atoms with Crippen molar-refractivity contribution in [3.63, 3.8) is 0 Å². The molecule has 7 nitrogen and oxygen atoms in total. The second kappa shape index (κ2) is 7.67. The van der Waals surface area contributed by atoms with Crippen LogP contribution in [0, 0.1) is 0 Å². The number of ether oxygens (including phenoxy) is 1. The molecule has 2 aromatic heterocycles. The number of aromatic nitrogens is 2. The largest absolute Gasteiger partial charge is 0.464 e. The zero-order valence-corrected chi connectivity index (χ0v) is 15.4. The van der Waals surface area contributed by atoms with Crippen LogP contribution < -0.4 is 5.32 Å². The number of benzene rings is 1. The third kappa shape index (κ3) is 4.09. The first kappa shape index (κ1) is 18.1. The molecule has 0 atom stereocenters. The average molecular weight is 392 g/mol. The number of nitrogens with zero attached hydrogens (tertiary/aromatic N) is 2. The molecule has 0 fully saturated rings. The maximum atomic E-state index is 12.3. The van der Waals surface area contributed by atoms with E-state index >= 15 is 0 Å². The molecule has 9 heteroatoms. The molecule has 3 aromatic rings. The summed E-state index contributed by atoms with van der Waals surface area (Å²) in [6, 6.07) is 12.0. The zero-order chi connectivity index (χ0) is 18.7. The standard InChI is InChI=1S/C17H14ClN3O4S/c1-21-12(17(23)24-2)9-14(20-21)19-16(22)13-7-8-15(25-13)26-11-5-3-10(18)4-6-11/h3-9H,1-2H3,(H,19,20,22). The van der Waals surface area contributed by atoms with E-state index in [1.54, 1.807) is 31.3 Å². The summed E-state index contributed by atoms with van der Waals surface area (Å²) in [5.74, 6) is -0.657. The summed E-state index contributed by atoms with van der Waals surface area (Å²) in [4.78, 5) is 24.8. The van der Waals surface area contributed by atoms with E-state index in [1.807, 2.05) is 12.1 Å². The molecule has 0 spiro atoms. The van der Waals surface area contributed by atoms with Gasteiger partial charge in [-0.3, -0.25) is 9.48 Å². The molecule has 0 aliphatic rings. The Morgan fingerprint density at radius 1 is 1.23 bits per heavy atom. The first-order valence-corrected chi connectivity index (χ1v) is 8.62.